The first-order valence-corrected chi connectivity index (χ1v) is 7.52. The Balaban J connectivity index is 2.22. The Morgan fingerprint density at radius 2 is 1.69 bits per heavy atom. The molecule has 2 aromatic carbocycles. The number of nitrogens with zero attached hydrogens (tertiary/aromatic N) is 1. The van der Waals surface area contributed by atoms with E-state index in [1.54, 1.807) is 18.2 Å². The number of nitrogens with one attached hydrogen (secondary N) is 1. The SMILES string of the molecule is COc1cc(/C=C/C(=O)Nc2ccccc2[N+](=O)[O-])cc(OC)c1OC. The molecule has 136 valence electrons. The molecule has 8 nitrogen and oxygen atoms in total. The van der Waals surface area contributed by atoms with Crippen molar-refractivity contribution >= 4 is 23.4 Å². The lowest BCUT2D eigenvalue weighted by Crippen LogP contribution is -2.09. The third-order valence-corrected chi connectivity index (χ3v) is 3.47. The maximum Gasteiger partial charge on any atom is 0.292 e. The van der Waals surface area contributed by atoms with Crippen molar-refractivity contribution in [2.75, 3.05) is 26.6 Å². The fourth-order valence-electron chi connectivity index (χ4n) is 2.28. The second-order valence-electron chi connectivity index (χ2n) is 5.06. The average molecular weight is 358 g/mol. The Morgan fingerprint density at radius 3 is 2.23 bits per heavy atom. The van der Waals surface area contributed by atoms with Gasteiger partial charge in [0.15, 0.2) is 11.5 Å². The minimum atomic E-state index is -0.557. The topological polar surface area (TPSA) is 99.9 Å². The lowest BCUT2D eigenvalue weighted by atomic mass is 10.1. The first kappa shape index (κ1) is 18.8. The summed E-state index contributed by atoms with van der Waals surface area (Å²) in [6.07, 6.45) is 2.80. The molecular formula is C18H18N2O6. The fraction of sp³-hybridized carbons (Fsp3) is 0.167. The van der Waals surface area contributed by atoms with E-state index in [0.29, 0.717) is 22.8 Å². The molecule has 0 spiro atoms. The number of ether oxygens (including phenoxy) is 3. The van der Waals surface area contributed by atoms with Crippen molar-refractivity contribution in [1.82, 2.24) is 0 Å². The van der Waals surface area contributed by atoms with E-state index < -0.39 is 10.8 Å². The Hall–Kier alpha value is -3.55. The minimum Gasteiger partial charge on any atom is -0.493 e. The molecule has 0 saturated carbocycles. The molecule has 1 N–H and O–H groups in total. The second kappa shape index (κ2) is 8.52. The van der Waals surface area contributed by atoms with Gasteiger partial charge < -0.3 is 19.5 Å². The number of amides is 1. The number of anilines is 1. The standard InChI is InChI=1S/C18H18N2O6/c1-24-15-10-12(11-16(25-2)18(15)26-3)8-9-17(21)19-13-6-4-5-7-14(13)20(22)23/h4-11H,1-3H3,(H,19,21)/b9-8+. The van der Waals surface area contributed by atoms with E-state index in [4.69, 9.17) is 14.2 Å². The van der Waals surface area contributed by atoms with Crippen molar-refractivity contribution in [3.8, 4) is 17.2 Å². The quantitative estimate of drug-likeness (QED) is 0.463. The van der Waals surface area contributed by atoms with Crippen molar-refractivity contribution < 1.29 is 23.9 Å². The van der Waals surface area contributed by atoms with Crippen LogP contribution in [0.5, 0.6) is 17.2 Å². The van der Waals surface area contributed by atoms with Crippen molar-refractivity contribution in [2.45, 2.75) is 0 Å². The highest BCUT2D eigenvalue weighted by Crippen LogP contribution is 2.38. The number of benzene rings is 2. The molecule has 0 aliphatic carbocycles. The Bertz CT molecular complexity index is 822. The van der Waals surface area contributed by atoms with E-state index in [-0.39, 0.29) is 11.4 Å². The number of para-hydroxylation sites is 2. The molecule has 0 heterocycles. The van der Waals surface area contributed by atoms with Crippen LogP contribution in [0.1, 0.15) is 5.56 Å². The van der Waals surface area contributed by atoms with Gasteiger partial charge in [0.1, 0.15) is 5.69 Å². The molecule has 0 radical (unpaired) electrons. The molecule has 0 aliphatic rings. The third-order valence-electron chi connectivity index (χ3n) is 3.47. The maximum absolute atomic E-state index is 12.1. The second-order valence-corrected chi connectivity index (χ2v) is 5.06. The van der Waals surface area contributed by atoms with Gasteiger partial charge in [0.2, 0.25) is 11.7 Å². The normalized spacial score (nSPS) is 10.4. The van der Waals surface area contributed by atoms with Crippen LogP contribution in [0.25, 0.3) is 6.08 Å². The van der Waals surface area contributed by atoms with Crippen molar-refractivity contribution in [1.29, 1.82) is 0 Å². The summed E-state index contributed by atoms with van der Waals surface area (Å²) < 4.78 is 15.7. The van der Waals surface area contributed by atoms with Crippen LogP contribution in [0, 0.1) is 10.1 Å². The van der Waals surface area contributed by atoms with Crippen molar-refractivity contribution in [3.05, 3.63) is 58.2 Å². The number of methoxy groups -OCH3 is 3. The minimum absolute atomic E-state index is 0.122. The van der Waals surface area contributed by atoms with Gasteiger partial charge in [-0.15, -0.1) is 0 Å². The van der Waals surface area contributed by atoms with Crippen LogP contribution >= 0.6 is 0 Å². The van der Waals surface area contributed by atoms with E-state index >= 15 is 0 Å². The number of rotatable bonds is 7. The van der Waals surface area contributed by atoms with Gasteiger partial charge in [0, 0.05) is 12.1 Å². The van der Waals surface area contributed by atoms with Gasteiger partial charge in [-0.05, 0) is 29.8 Å². The molecule has 8 heteroatoms. The van der Waals surface area contributed by atoms with Gasteiger partial charge in [-0.25, -0.2) is 0 Å². The van der Waals surface area contributed by atoms with Crippen molar-refractivity contribution in [2.24, 2.45) is 0 Å². The predicted octanol–water partition coefficient (Wildman–Crippen LogP) is 3.27. The zero-order valence-corrected chi connectivity index (χ0v) is 14.5. The number of carbonyl (C=O) groups excluding carboxylic acids is 1. The summed E-state index contributed by atoms with van der Waals surface area (Å²) in [7, 11) is 4.48. The largest absolute Gasteiger partial charge is 0.493 e. The molecular weight excluding hydrogens is 340 g/mol. The van der Waals surface area contributed by atoms with Gasteiger partial charge in [-0.3, -0.25) is 14.9 Å². The molecule has 0 saturated heterocycles. The van der Waals surface area contributed by atoms with Crippen LogP contribution in [0.3, 0.4) is 0 Å². The molecule has 2 rings (SSSR count). The Morgan fingerprint density at radius 1 is 1.08 bits per heavy atom. The Kier molecular flexibility index (Phi) is 6.15. The molecule has 0 atom stereocenters. The smallest absolute Gasteiger partial charge is 0.292 e. The summed E-state index contributed by atoms with van der Waals surface area (Å²) in [5.74, 6) is 0.834. The van der Waals surface area contributed by atoms with Crippen LogP contribution in [-0.2, 0) is 4.79 Å². The number of nitro benzene ring substituents is 1. The van der Waals surface area contributed by atoms with Gasteiger partial charge in [0.25, 0.3) is 5.69 Å². The first-order chi connectivity index (χ1) is 12.5. The van der Waals surface area contributed by atoms with Gasteiger partial charge in [-0.2, -0.15) is 0 Å². The van der Waals surface area contributed by atoms with Gasteiger partial charge >= 0.3 is 0 Å². The summed E-state index contributed by atoms with van der Waals surface area (Å²) in [6, 6.07) is 9.26. The highest BCUT2D eigenvalue weighted by Gasteiger charge is 2.14. The summed E-state index contributed by atoms with van der Waals surface area (Å²) in [6.45, 7) is 0. The molecule has 0 aliphatic heterocycles. The summed E-state index contributed by atoms with van der Waals surface area (Å²) in [5, 5.41) is 13.5. The molecule has 0 aromatic heterocycles. The fourth-order valence-corrected chi connectivity index (χ4v) is 2.28. The Labute approximate surface area is 150 Å². The molecule has 0 fully saturated rings. The average Bonchev–Trinajstić information content (AvgIpc) is 2.65. The number of nitro groups is 1. The molecule has 26 heavy (non-hydrogen) atoms. The number of hydrogen-bond acceptors (Lipinski definition) is 6. The third kappa shape index (κ3) is 4.29. The monoisotopic (exact) mass is 358 g/mol. The number of carbonyl (C=O) groups is 1. The van der Waals surface area contributed by atoms with Crippen molar-refractivity contribution in [3.63, 3.8) is 0 Å². The zero-order chi connectivity index (χ0) is 19.1. The zero-order valence-electron chi connectivity index (χ0n) is 14.5. The first-order valence-electron chi connectivity index (χ1n) is 7.52. The van der Waals surface area contributed by atoms with Crippen LogP contribution < -0.4 is 19.5 Å². The molecule has 1 amide bonds. The summed E-state index contributed by atoms with van der Waals surface area (Å²) in [4.78, 5) is 22.5. The van der Waals surface area contributed by atoms with E-state index in [2.05, 4.69) is 5.32 Å². The summed E-state index contributed by atoms with van der Waals surface area (Å²) in [5.41, 5.74) is 0.580. The summed E-state index contributed by atoms with van der Waals surface area (Å²) >= 11 is 0. The van der Waals surface area contributed by atoms with Gasteiger partial charge in [0.05, 0.1) is 26.3 Å². The lowest BCUT2D eigenvalue weighted by molar-refractivity contribution is -0.383. The highest BCUT2D eigenvalue weighted by atomic mass is 16.6. The number of hydrogen-bond donors (Lipinski definition) is 1. The van der Waals surface area contributed by atoms with Crippen LogP contribution in [0.2, 0.25) is 0 Å². The molecule has 0 unspecified atom stereocenters. The van der Waals surface area contributed by atoms with E-state index in [0.717, 1.165) is 0 Å². The maximum atomic E-state index is 12.1. The van der Waals surface area contributed by atoms with E-state index in [9.17, 15) is 14.9 Å². The highest BCUT2D eigenvalue weighted by molar-refractivity contribution is 6.03. The van der Waals surface area contributed by atoms with Gasteiger partial charge in [-0.1, -0.05) is 12.1 Å². The van der Waals surface area contributed by atoms with Crippen LogP contribution in [0.4, 0.5) is 11.4 Å². The predicted molar refractivity (Wildman–Crippen MR) is 96.9 cm³/mol. The van der Waals surface area contributed by atoms with E-state index in [1.165, 1.54) is 51.7 Å². The van der Waals surface area contributed by atoms with Crippen LogP contribution in [-0.4, -0.2) is 32.2 Å². The molecule has 2 aromatic rings. The van der Waals surface area contributed by atoms with Crippen LogP contribution in [0.15, 0.2) is 42.5 Å². The van der Waals surface area contributed by atoms with E-state index in [1.807, 2.05) is 0 Å². The lowest BCUT2D eigenvalue weighted by Gasteiger charge is -2.12. The molecule has 0 bridgehead atoms.